The van der Waals surface area contributed by atoms with E-state index < -0.39 is 0 Å². The van der Waals surface area contributed by atoms with Crippen molar-refractivity contribution in [3.63, 3.8) is 0 Å². The maximum atomic E-state index is 4.53. The Kier molecular flexibility index (Phi) is 1.89. The minimum atomic E-state index is 1.03. The summed E-state index contributed by atoms with van der Waals surface area (Å²) >= 11 is 0. The van der Waals surface area contributed by atoms with Crippen molar-refractivity contribution in [3.05, 3.63) is 23.8 Å². The first-order valence-electron chi connectivity index (χ1n) is 4.33. The van der Waals surface area contributed by atoms with Crippen molar-refractivity contribution in [2.45, 2.75) is 25.7 Å². The smallest absolute Gasteiger partial charge is 0.0391 e. The van der Waals surface area contributed by atoms with E-state index in [0.717, 1.165) is 19.4 Å². The first-order chi connectivity index (χ1) is 5.45. The van der Waals surface area contributed by atoms with Gasteiger partial charge in [-0.3, -0.25) is 4.99 Å². The van der Waals surface area contributed by atoms with E-state index in [2.05, 4.69) is 23.2 Å². The zero-order chi connectivity index (χ0) is 7.52. The lowest BCUT2D eigenvalue weighted by Gasteiger charge is -2.13. The van der Waals surface area contributed by atoms with Gasteiger partial charge in [-0.1, -0.05) is 18.2 Å². The van der Waals surface area contributed by atoms with E-state index in [1.54, 1.807) is 0 Å². The van der Waals surface area contributed by atoms with Gasteiger partial charge in [-0.2, -0.15) is 0 Å². The summed E-state index contributed by atoms with van der Waals surface area (Å²) in [6.07, 6.45) is 11.4. The van der Waals surface area contributed by atoms with Gasteiger partial charge >= 0.3 is 0 Å². The molecule has 2 bridgehead atoms. The number of hydrogen-bond donors (Lipinski definition) is 0. The molecular weight excluding hydrogens is 134 g/mol. The van der Waals surface area contributed by atoms with Crippen LogP contribution in [0.15, 0.2) is 28.8 Å². The van der Waals surface area contributed by atoms with Crippen molar-refractivity contribution < 1.29 is 0 Å². The van der Waals surface area contributed by atoms with Crippen molar-refractivity contribution in [2.75, 3.05) is 6.54 Å². The average molecular weight is 147 g/mol. The Hall–Kier alpha value is -0.850. The second kappa shape index (κ2) is 3.04. The molecule has 11 heavy (non-hydrogen) atoms. The molecule has 1 aliphatic heterocycles. The van der Waals surface area contributed by atoms with Crippen molar-refractivity contribution >= 4 is 5.71 Å². The lowest BCUT2D eigenvalue weighted by atomic mass is 9.97. The highest BCUT2D eigenvalue weighted by atomic mass is 14.7. The lowest BCUT2D eigenvalue weighted by Crippen LogP contribution is -2.06. The predicted octanol–water partition coefficient (Wildman–Crippen LogP) is 2.50. The summed E-state index contributed by atoms with van der Waals surface area (Å²) in [5, 5.41) is 0. The van der Waals surface area contributed by atoms with E-state index in [9.17, 15) is 0 Å². The number of fused-ring (bicyclic) bond motifs is 2. The molecule has 0 amide bonds. The summed E-state index contributed by atoms with van der Waals surface area (Å²) in [5.74, 6) is 0. The summed E-state index contributed by atoms with van der Waals surface area (Å²) in [4.78, 5) is 4.53. The summed E-state index contributed by atoms with van der Waals surface area (Å²) in [6.45, 7) is 1.03. The fourth-order valence-electron chi connectivity index (χ4n) is 1.59. The van der Waals surface area contributed by atoms with Gasteiger partial charge in [0.1, 0.15) is 0 Å². The summed E-state index contributed by atoms with van der Waals surface area (Å²) in [7, 11) is 0. The number of allylic oxidation sites excluding steroid dienone is 4. The Bertz CT molecular complexity index is 233. The fourth-order valence-corrected chi connectivity index (χ4v) is 1.59. The van der Waals surface area contributed by atoms with E-state index in [4.69, 9.17) is 0 Å². The summed E-state index contributed by atoms with van der Waals surface area (Å²) in [6, 6.07) is 0. The first kappa shape index (κ1) is 6.84. The SMILES string of the molecule is C1=CC2=CCCCN=C(C1)C2. The molecule has 0 atom stereocenters. The second-order valence-electron chi connectivity index (χ2n) is 3.15. The summed E-state index contributed by atoms with van der Waals surface area (Å²) in [5.41, 5.74) is 2.84. The lowest BCUT2D eigenvalue weighted by molar-refractivity contribution is 0.834. The molecule has 2 rings (SSSR count). The molecule has 58 valence electrons. The Morgan fingerprint density at radius 3 is 3.36 bits per heavy atom. The van der Waals surface area contributed by atoms with Gasteiger partial charge in [0.05, 0.1) is 0 Å². The minimum absolute atomic E-state index is 1.03. The molecule has 0 aromatic rings. The zero-order valence-electron chi connectivity index (χ0n) is 6.71. The van der Waals surface area contributed by atoms with Crippen molar-refractivity contribution in [1.29, 1.82) is 0 Å². The molecular formula is C10H13N. The average Bonchev–Trinajstić information content (AvgIpc) is 2.02. The zero-order valence-corrected chi connectivity index (χ0v) is 6.71. The number of hydrogen-bond acceptors (Lipinski definition) is 1. The molecule has 1 heteroatoms. The Morgan fingerprint density at radius 2 is 2.36 bits per heavy atom. The van der Waals surface area contributed by atoms with Crippen molar-refractivity contribution in [1.82, 2.24) is 0 Å². The van der Waals surface area contributed by atoms with Crippen LogP contribution in [0, 0.1) is 0 Å². The Morgan fingerprint density at radius 1 is 1.36 bits per heavy atom. The van der Waals surface area contributed by atoms with Crippen LogP contribution in [0.1, 0.15) is 25.7 Å². The highest BCUT2D eigenvalue weighted by molar-refractivity contribution is 5.89. The van der Waals surface area contributed by atoms with Crippen LogP contribution in [0.5, 0.6) is 0 Å². The van der Waals surface area contributed by atoms with E-state index >= 15 is 0 Å². The van der Waals surface area contributed by atoms with Crippen LogP contribution in [0.2, 0.25) is 0 Å². The first-order valence-corrected chi connectivity index (χ1v) is 4.33. The molecule has 0 aromatic carbocycles. The van der Waals surface area contributed by atoms with Gasteiger partial charge in [0.15, 0.2) is 0 Å². The highest BCUT2D eigenvalue weighted by Crippen LogP contribution is 2.17. The van der Waals surface area contributed by atoms with Crippen LogP contribution in [0.3, 0.4) is 0 Å². The maximum absolute atomic E-state index is 4.53. The molecule has 0 saturated heterocycles. The van der Waals surface area contributed by atoms with Gasteiger partial charge in [0.25, 0.3) is 0 Å². The van der Waals surface area contributed by atoms with E-state index in [1.807, 2.05) is 0 Å². The van der Waals surface area contributed by atoms with Gasteiger partial charge in [0, 0.05) is 25.1 Å². The molecule has 1 heterocycles. The van der Waals surface area contributed by atoms with E-state index in [-0.39, 0.29) is 0 Å². The van der Waals surface area contributed by atoms with Gasteiger partial charge in [0.2, 0.25) is 0 Å². The highest BCUT2D eigenvalue weighted by Gasteiger charge is 2.07. The van der Waals surface area contributed by atoms with E-state index in [0.29, 0.717) is 0 Å². The molecule has 1 nitrogen and oxygen atoms in total. The third kappa shape index (κ3) is 1.59. The molecule has 0 aromatic heterocycles. The van der Waals surface area contributed by atoms with Crippen LogP contribution in [-0.4, -0.2) is 12.3 Å². The topological polar surface area (TPSA) is 12.4 Å². The van der Waals surface area contributed by atoms with Crippen LogP contribution < -0.4 is 0 Å². The molecule has 0 fully saturated rings. The Labute approximate surface area is 67.5 Å². The second-order valence-corrected chi connectivity index (χ2v) is 3.15. The monoisotopic (exact) mass is 147 g/mol. The van der Waals surface area contributed by atoms with Crippen molar-refractivity contribution in [3.8, 4) is 0 Å². The van der Waals surface area contributed by atoms with Crippen LogP contribution in [-0.2, 0) is 0 Å². The molecule has 0 unspecified atom stereocenters. The molecule has 0 radical (unpaired) electrons. The predicted molar refractivity (Wildman–Crippen MR) is 48.0 cm³/mol. The van der Waals surface area contributed by atoms with Gasteiger partial charge in [-0.15, -0.1) is 0 Å². The molecule has 1 aliphatic carbocycles. The van der Waals surface area contributed by atoms with Crippen LogP contribution >= 0.6 is 0 Å². The number of nitrogens with zero attached hydrogens (tertiary/aromatic N) is 1. The summed E-state index contributed by atoms with van der Waals surface area (Å²) < 4.78 is 0. The fraction of sp³-hybridized carbons (Fsp3) is 0.500. The van der Waals surface area contributed by atoms with Crippen LogP contribution in [0.25, 0.3) is 0 Å². The molecule has 0 saturated carbocycles. The molecule has 0 spiro atoms. The van der Waals surface area contributed by atoms with Crippen molar-refractivity contribution in [2.24, 2.45) is 4.99 Å². The van der Waals surface area contributed by atoms with Gasteiger partial charge in [-0.05, 0) is 18.4 Å². The largest absolute Gasteiger partial charge is 0.293 e. The quantitative estimate of drug-likeness (QED) is 0.499. The third-order valence-corrected chi connectivity index (χ3v) is 2.20. The van der Waals surface area contributed by atoms with Gasteiger partial charge < -0.3 is 0 Å². The number of rotatable bonds is 0. The molecule has 0 N–H and O–H groups in total. The number of aliphatic imine (C=N–C) groups is 1. The standard InChI is InChI=1S/C10H13N/c1-2-7-11-10-6-3-5-9(4-1)8-10/h3-5H,1-2,6-8H2. The van der Waals surface area contributed by atoms with Crippen LogP contribution in [0.4, 0.5) is 0 Å². The normalized spacial score (nSPS) is 23.3. The maximum Gasteiger partial charge on any atom is 0.0391 e. The molecule has 2 aliphatic rings. The third-order valence-electron chi connectivity index (χ3n) is 2.20. The van der Waals surface area contributed by atoms with E-state index in [1.165, 1.54) is 24.1 Å². The Balaban J connectivity index is 2.26. The van der Waals surface area contributed by atoms with Gasteiger partial charge in [-0.25, -0.2) is 0 Å². The minimum Gasteiger partial charge on any atom is -0.293 e.